The Morgan fingerprint density at radius 1 is 0.455 bits per heavy atom. The summed E-state index contributed by atoms with van der Waals surface area (Å²) in [6.45, 7) is 4.90. The molecular weight excluding hydrogens is 1140 g/mol. The van der Waals surface area contributed by atoms with E-state index in [4.69, 9.17) is 9.47 Å². The quantitative estimate of drug-likeness (QED) is 0.0647. The SMILES string of the molecule is Cc1ccc(S(=O)(=O)Nc2ccc(C(/C=C/c3ccc(Oc4ncnc5c4ncn5Cc4ccccc4)cc3)C(=O)C(/C=C/c3ccc(Oc4ncnc5c4ncn5Cc4ccccc4)cc3)c3ccc(NS(=O)(=O)c4ccc(C)cc4)cc3)cc2)cc1. The first-order chi connectivity index (χ1) is 42.8. The number of aromatic nitrogens is 8. The van der Waals surface area contributed by atoms with Gasteiger partial charge in [0.05, 0.1) is 47.4 Å². The minimum Gasteiger partial charge on any atom is -0.437 e. The third-order valence-corrected chi connectivity index (χ3v) is 17.4. The molecule has 12 aromatic rings. The molecule has 0 fully saturated rings. The molecule has 0 amide bonds. The van der Waals surface area contributed by atoms with E-state index in [1.807, 2.05) is 132 Å². The van der Waals surface area contributed by atoms with Gasteiger partial charge in [0.25, 0.3) is 31.8 Å². The summed E-state index contributed by atoms with van der Waals surface area (Å²) in [5.41, 5.74) is 9.53. The van der Waals surface area contributed by atoms with Crippen LogP contribution < -0.4 is 18.9 Å². The molecule has 12 rings (SSSR count). The average Bonchev–Trinajstić information content (AvgIpc) is 3.98. The van der Waals surface area contributed by atoms with Crippen LogP contribution in [0.15, 0.2) is 254 Å². The van der Waals surface area contributed by atoms with Gasteiger partial charge in [0.2, 0.25) is 0 Å². The van der Waals surface area contributed by atoms with Gasteiger partial charge in [-0.1, -0.05) is 169 Å². The molecule has 0 aliphatic carbocycles. The topological polar surface area (TPSA) is 215 Å². The lowest BCUT2D eigenvalue weighted by atomic mass is 9.82. The van der Waals surface area contributed by atoms with Gasteiger partial charge in [-0.2, -0.15) is 9.97 Å². The zero-order valence-electron chi connectivity index (χ0n) is 47.6. The maximum absolute atomic E-state index is 15.7. The Kier molecular flexibility index (Phi) is 16.6. The number of imidazole rings is 2. The molecule has 0 saturated carbocycles. The molecule has 0 aliphatic heterocycles. The van der Waals surface area contributed by atoms with Crippen molar-refractivity contribution in [2.75, 3.05) is 9.44 Å². The Bertz CT molecular complexity index is 4420. The van der Waals surface area contributed by atoms with Crippen molar-refractivity contribution in [1.29, 1.82) is 0 Å². The van der Waals surface area contributed by atoms with Crippen molar-refractivity contribution in [1.82, 2.24) is 39.0 Å². The van der Waals surface area contributed by atoms with Crippen molar-refractivity contribution >= 4 is 71.7 Å². The number of ketones is 1. The molecule has 19 heteroatoms. The summed E-state index contributed by atoms with van der Waals surface area (Å²) in [4.78, 5) is 42.9. The third kappa shape index (κ3) is 13.5. The molecular formula is C69H56N10O7S2. The molecule has 0 spiro atoms. The molecule has 2 unspecified atom stereocenters. The fourth-order valence-electron chi connectivity index (χ4n) is 9.91. The summed E-state index contributed by atoms with van der Waals surface area (Å²) < 4.78 is 75.8. The van der Waals surface area contributed by atoms with Crippen LogP contribution >= 0.6 is 0 Å². The highest BCUT2D eigenvalue weighted by Crippen LogP contribution is 2.34. The van der Waals surface area contributed by atoms with Crippen molar-refractivity contribution in [2.24, 2.45) is 0 Å². The minimum absolute atomic E-state index is 0.107. The van der Waals surface area contributed by atoms with E-state index in [9.17, 15) is 16.8 Å². The van der Waals surface area contributed by atoms with Gasteiger partial charge in [-0.15, -0.1) is 0 Å². The number of aryl methyl sites for hydroxylation is 2. The van der Waals surface area contributed by atoms with Crippen LogP contribution in [0.1, 0.15) is 56.3 Å². The summed E-state index contributed by atoms with van der Waals surface area (Å²) in [5, 5.41) is 0. The van der Waals surface area contributed by atoms with Crippen LogP contribution in [0.5, 0.6) is 23.3 Å². The van der Waals surface area contributed by atoms with Crippen molar-refractivity contribution in [3.8, 4) is 23.3 Å². The Labute approximate surface area is 508 Å². The number of Topliss-reactive ketones (excluding diaryl/α,β-unsaturated/α-hetero) is 1. The Morgan fingerprint density at radius 2 is 0.830 bits per heavy atom. The van der Waals surface area contributed by atoms with Crippen LogP contribution in [0.2, 0.25) is 0 Å². The van der Waals surface area contributed by atoms with Crippen LogP contribution in [0.4, 0.5) is 11.4 Å². The van der Waals surface area contributed by atoms with Gasteiger partial charge >= 0.3 is 0 Å². The first-order valence-corrected chi connectivity index (χ1v) is 31.0. The molecule has 0 bridgehead atoms. The first-order valence-electron chi connectivity index (χ1n) is 28.0. The zero-order chi connectivity index (χ0) is 60.6. The fourth-order valence-corrected chi connectivity index (χ4v) is 12.0. The van der Waals surface area contributed by atoms with Crippen molar-refractivity contribution in [2.45, 2.75) is 48.6 Å². The normalized spacial score (nSPS) is 12.6. The molecule has 2 N–H and O–H groups in total. The lowest BCUT2D eigenvalue weighted by molar-refractivity contribution is -0.120. The van der Waals surface area contributed by atoms with Gasteiger partial charge in [0.1, 0.15) is 24.2 Å². The van der Waals surface area contributed by atoms with Gasteiger partial charge < -0.3 is 18.6 Å². The number of rotatable bonds is 22. The molecule has 17 nitrogen and oxygen atoms in total. The van der Waals surface area contributed by atoms with E-state index in [0.717, 1.165) is 33.4 Å². The molecule has 8 aromatic carbocycles. The van der Waals surface area contributed by atoms with E-state index in [2.05, 4.69) is 39.3 Å². The Balaban J connectivity index is 0.848. The van der Waals surface area contributed by atoms with Crippen LogP contribution in [0.25, 0.3) is 34.5 Å². The van der Waals surface area contributed by atoms with Crippen molar-refractivity contribution in [3.63, 3.8) is 0 Å². The van der Waals surface area contributed by atoms with Crippen molar-refractivity contribution in [3.05, 3.63) is 288 Å². The number of carbonyl (C=O) groups is 1. The number of benzene rings is 8. The first kappa shape index (κ1) is 57.5. The van der Waals surface area contributed by atoms with Gasteiger partial charge in [0.15, 0.2) is 28.1 Å². The Morgan fingerprint density at radius 3 is 1.20 bits per heavy atom. The van der Waals surface area contributed by atoms with Gasteiger partial charge in [-0.25, -0.2) is 36.8 Å². The fraction of sp³-hybridized carbons (Fsp3) is 0.0870. The summed E-state index contributed by atoms with van der Waals surface area (Å²) in [6.07, 6.45) is 13.6. The number of allylic oxidation sites excluding steroid dienone is 2. The smallest absolute Gasteiger partial charge is 0.261 e. The van der Waals surface area contributed by atoms with E-state index in [0.29, 0.717) is 81.2 Å². The number of ether oxygens (including phenoxy) is 2. The van der Waals surface area contributed by atoms with Gasteiger partial charge in [0, 0.05) is 11.4 Å². The molecule has 0 aliphatic rings. The number of nitrogens with one attached hydrogen (secondary N) is 2. The average molecular weight is 1200 g/mol. The maximum atomic E-state index is 15.7. The van der Waals surface area contributed by atoms with Gasteiger partial charge in [-0.3, -0.25) is 14.2 Å². The molecule has 2 atom stereocenters. The number of anilines is 2. The molecule has 88 heavy (non-hydrogen) atoms. The standard InChI is InChI=1S/C69H56N10O7S2/c1-47-13-35-59(36-14-47)87(81,82)76-55-27-23-53(24-28-55)61(39-21-49-17-31-57(32-18-49)85-68-63-66(70-43-72-68)78(45-74-63)41-51-9-5-3-6-10-51)65(80)62(54-25-29-56(30-26-54)77-88(83,84)60-37-15-48(2)16-38-60)40-22-50-19-33-58(34-20-50)86-69-64-67(71-44-73-69)79(46-75-64)42-52-11-7-4-8-12-52/h3-40,43-46,61-62,76-77H,41-42H2,1-2H3/b39-21+,40-22+. The summed E-state index contributed by atoms with van der Waals surface area (Å²) in [7, 11) is -7.89. The van der Waals surface area contributed by atoms with Gasteiger partial charge in [-0.05, 0) is 120 Å². The van der Waals surface area contributed by atoms with E-state index >= 15 is 4.79 Å². The van der Waals surface area contributed by atoms with Crippen LogP contribution in [0.3, 0.4) is 0 Å². The monoisotopic (exact) mass is 1200 g/mol. The predicted octanol–water partition coefficient (Wildman–Crippen LogP) is 13.7. The van der Waals surface area contributed by atoms with E-state index < -0.39 is 31.9 Å². The molecule has 436 valence electrons. The number of nitrogens with zero attached hydrogens (tertiary/aromatic N) is 8. The Hall–Kier alpha value is -10.9. The van der Waals surface area contributed by atoms with Crippen molar-refractivity contribution < 1.29 is 31.1 Å². The minimum atomic E-state index is -3.95. The highest BCUT2D eigenvalue weighted by Gasteiger charge is 2.28. The van der Waals surface area contributed by atoms with E-state index in [1.165, 1.54) is 12.7 Å². The molecule has 0 saturated heterocycles. The number of sulfonamides is 2. The number of carbonyl (C=O) groups excluding carboxylic acids is 1. The van der Waals surface area contributed by atoms with E-state index in [-0.39, 0.29) is 15.6 Å². The predicted molar refractivity (Wildman–Crippen MR) is 340 cm³/mol. The summed E-state index contributed by atoms with van der Waals surface area (Å²) in [6, 6.07) is 61.1. The molecule has 0 radical (unpaired) electrons. The molecule has 4 heterocycles. The second-order valence-electron chi connectivity index (χ2n) is 20.9. The maximum Gasteiger partial charge on any atom is 0.261 e. The zero-order valence-corrected chi connectivity index (χ0v) is 49.2. The number of fused-ring (bicyclic) bond motifs is 2. The molecule has 4 aromatic heterocycles. The van der Waals surface area contributed by atoms with E-state index in [1.54, 1.807) is 134 Å². The highest BCUT2D eigenvalue weighted by molar-refractivity contribution is 7.93. The van der Waals surface area contributed by atoms with Crippen LogP contribution in [0, 0.1) is 13.8 Å². The third-order valence-electron chi connectivity index (χ3n) is 14.6. The number of hydrogen-bond acceptors (Lipinski definition) is 13. The van der Waals surface area contributed by atoms with Crippen LogP contribution in [-0.4, -0.2) is 61.7 Å². The number of hydrogen-bond donors (Lipinski definition) is 2. The second kappa shape index (κ2) is 25.4. The van der Waals surface area contributed by atoms with Crippen LogP contribution in [-0.2, 0) is 37.9 Å². The highest BCUT2D eigenvalue weighted by atomic mass is 32.2. The summed E-state index contributed by atoms with van der Waals surface area (Å²) >= 11 is 0. The largest absolute Gasteiger partial charge is 0.437 e. The second-order valence-corrected chi connectivity index (χ2v) is 24.3. The summed E-state index contributed by atoms with van der Waals surface area (Å²) in [5.74, 6) is -0.483. The lowest BCUT2D eigenvalue weighted by Gasteiger charge is -2.20. The lowest BCUT2D eigenvalue weighted by Crippen LogP contribution is -2.19.